The average Bonchev–Trinajstić information content (AvgIpc) is 2.96. The lowest BCUT2D eigenvalue weighted by atomic mass is 10.1. The van der Waals surface area contributed by atoms with Crippen molar-refractivity contribution in [2.75, 3.05) is 26.9 Å². The fourth-order valence-corrected chi connectivity index (χ4v) is 6.33. The molecule has 1 aliphatic rings. The standard InChI is InChI=1S/C23H38NO5P/c1-4-6-7-8-9-10-13-22(23(25)28-5-2)24-18-11-12-19-29-30(24,26)21-16-14-20(27-3)15-17-21/h14-17,22H,4-13,18-19H2,1-3H3. The monoisotopic (exact) mass is 439 g/mol. The maximum absolute atomic E-state index is 14.2. The molecule has 1 saturated heterocycles. The number of methoxy groups -OCH3 is 1. The van der Waals surface area contributed by atoms with Crippen LogP contribution in [-0.4, -0.2) is 43.5 Å². The van der Waals surface area contributed by atoms with E-state index in [0.29, 0.717) is 37.2 Å². The van der Waals surface area contributed by atoms with Gasteiger partial charge in [0.25, 0.3) is 0 Å². The van der Waals surface area contributed by atoms with Crippen molar-refractivity contribution in [3.8, 4) is 5.75 Å². The molecule has 0 aromatic heterocycles. The van der Waals surface area contributed by atoms with E-state index in [1.807, 2.05) is 6.92 Å². The number of unbranched alkanes of at least 4 members (excludes halogenated alkanes) is 5. The van der Waals surface area contributed by atoms with Gasteiger partial charge in [-0.15, -0.1) is 0 Å². The maximum Gasteiger partial charge on any atom is 0.323 e. The van der Waals surface area contributed by atoms with E-state index in [9.17, 15) is 9.36 Å². The molecule has 7 heteroatoms. The first-order valence-corrected chi connectivity index (χ1v) is 13.0. The minimum Gasteiger partial charge on any atom is -0.497 e. The van der Waals surface area contributed by atoms with Crippen molar-refractivity contribution in [1.29, 1.82) is 0 Å². The number of ether oxygens (including phenoxy) is 2. The number of carbonyl (C=O) groups excluding carboxylic acids is 1. The first-order chi connectivity index (χ1) is 14.6. The molecule has 1 aromatic carbocycles. The molecule has 2 unspecified atom stereocenters. The van der Waals surface area contributed by atoms with Crippen molar-refractivity contribution in [2.24, 2.45) is 0 Å². The van der Waals surface area contributed by atoms with Gasteiger partial charge in [0.15, 0.2) is 0 Å². The summed E-state index contributed by atoms with van der Waals surface area (Å²) in [6.07, 6.45) is 9.11. The van der Waals surface area contributed by atoms with Crippen molar-refractivity contribution in [3.63, 3.8) is 0 Å². The normalized spacial score (nSPS) is 21.0. The molecule has 0 radical (unpaired) electrons. The SMILES string of the molecule is CCCCCCCCC(C(=O)OCC)N1CCCCOP1(=O)c1ccc(OC)cc1. The van der Waals surface area contributed by atoms with Crippen LogP contribution >= 0.6 is 7.52 Å². The predicted octanol–water partition coefficient (Wildman–Crippen LogP) is 5.31. The number of hydrogen-bond donors (Lipinski definition) is 0. The number of nitrogens with zero attached hydrogens (tertiary/aromatic N) is 1. The third-order valence-corrected chi connectivity index (χ3v) is 8.17. The second kappa shape index (κ2) is 13.1. The Morgan fingerprint density at radius 2 is 1.80 bits per heavy atom. The summed E-state index contributed by atoms with van der Waals surface area (Å²) in [6, 6.07) is 6.58. The molecular weight excluding hydrogens is 401 g/mol. The van der Waals surface area contributed by atoms with Gasteiger partial charge in [0.1, 0.15) is 11.8 Å². The van der Waals surface area contributed by atoms with E-state index in [4.69, 9.17) is 14.0 Å². The molecule has 1 aromatic rings. The molecule has 6 nitrogen and oxygen atoms in total. The number of carbonyl (C=O) groups is 1. The maximum atomic E-state index is 14.2. The molecule has 0 N–H and O–H groups in total. The highest BCUT2D eigenvalue weighted by Gasteiger charge is 2.43. The van der Waals surface area contributed by atoms with Gasteiger partial charge in [0.2, 0.25) is 0 Å². The van der Waals surface area contributed by atoms with Crippen LogP contribution in [0.1, 0.15) is 71.6 Å². The third kappa shape index (κ3) is 6.83. The lowest BCUT2D eigenvalue weighted by Crippen LogP contribution is -2.42. The van der Waals surface area contributed by atoms with Crippen molar-refractivity contribution in [3.05, 3.63) is 24.3 Å². The van der Waals surface area contributed by atoms with Crippen LogP contribution in [0.3, 0.4) is 0 Å². The van der Waals surface area contributed by atoms with Crippen LogP contribution in [-0.2, 0) is 18.6 Å². The Morgan fingerprint density at radius 1 is 1.10 bits per heavy atom. The molecule has 170 valence electrons. The Kier molecular flexibility index (Phi) is 10.9. The molecule has 1 aliphatic heterocycles. The van der Waals surface area contributed by atoms with Gasteiger partial charge in [-0.05, 0) is 50.5 Å². The van der Waals surface area contributed by atoms with Gasteiger partial charge in [0, 0.05) is 6.54 Å². The van der Waals surface area contributed by atoms with E-state index < -0.39 is 13.6 Å². The quantitative estimate of drug-likeness (QED) is 0.250. The van der Waals surface area contributed by atoms with E-state index in [-0.39, 0.29) is 5.97 Å². The summed E-state index contributed by atoms with van der Waals surface area (Å²) in [5.41, 5.74) is 0. The summed E-state index contributed by atoms with van der Waals surface area (Å²) in [4.78, 5) is 12.9. The van der Waals surface area contributed by atoms with Crippen molar-refractivity contribution >= 4 is 18.8 Å². The zero-order chi connectivity index (χ0) is 21.8. The summed E-state index contributed by atoms with van der Waals surface area (Å²) < 4.78 is 32.5. The average molecular weight is 440 g/mol. The smallest absolute Gasteiger partial charge is 0.323 e. The summed E-state index contributed by atoms with van der Waals surface area (Å²) >= 11 is 0. The first kappa shape index (κ1) is 24.9. The Bertz CT molecular complexity index is 679. The highest BCUT2D eigenvalue weighted by Crippen LogP contribution is 2.53. The zero-order valence-electron chi connectivity index (χ0n) is 18.8. The molecule has 0 amide bonds. The Hall–Kier alpha value is -1.36. The summed E-state index contributed by atoms with van der Waals surface area (Å²) in [6.45, 7) is 5.30. The van der Waals surface area contributed by atoms with Crippen LogP contribution in [0.4, 0.5) is 0 Å². The van der Waals surface area contributed by atoms with Gasteiger partial charge in [0.05, 0.1) is 25.6 Å². The van der Waals surface area contributed by atoms with Crippen molar-refractivity contribution in [1.82, 2.24) is 4.67 Å². The van der Waals surface area contributed by atoms with E-state index >= 15 is 0 Å². The van der Waals surface area contributed by atoms with Crippen LogP contribution in [0, 0.1) is 0 Å². The zero-order valence-corrected chi connectivity index (χ0v) is 19.7. The van der Waals surface area contributed by atoms with Gasteiger partial charge in [-0.3, -0.25) is 9.36 Å². The van der Waals surface area contributed by atoms with Gasteiger partial charge >= 0.3 is 13.5 Å². The molecule has 1 heterocycles. The van der Waals surface area contributed by atoms with Gasteiger partial charge in [-0.1, -0.05) is 45.4 Å². The Morgan fingerprint density at radius 3 is 2.47 bits per heavy atom. The third-order valence-electron chi connectivity index (χ3n) is 5.53. The van der Waals surface area contributed by atoms with Crippen LogP contribution in [0.2, 0.25) is 0 Å². The topological polar surface area (TPSA) is 65.1 Å². The largest absolute Gasteiger partial charge is 0.497 e. The molecule has 0 bridgehead atoms. The first-order valence-electron chi connectivity index (χ1n) is 11.4. The van der Waals surface area contributed by atoms with Crippen LogP contribution in [0.5, 0.6) is 5.75 Å². The van der Waals surface area contributed by atoms with E-state index in [0.717, 1.165) is 32.1 Å². The molecule has 0 saturated carbocycles. The molecule has 2 rings (SSSR count). The number of rotatable bonds is 12. The number of hydrogen-bond acceptors (Lipinski definition) is 5. The Labute approximate surface area is 181 Å². The van der Waals surface area contributed by atoms with Gasteiger partial charge in [-0.25, -0.2) is 4.67 Å². The molecule has 2 atom stereocenters. The summed E-state index contributed by atoms with van der Waals surface area (Å²) in [5, 5.41) is 0.599. The van der Waals surface area contributed by atoms with Gasteiger partial charge in [-0.2, -0.15) is 0 Å². The van der Waals surface area contributed by atoms with Crippen LogP contribution in [0.25, 0.3) is 0 Å². The fourth-order valence-electron chi connectivity index (χ4n) is 3.85. The van der Waals surface area contributed by atoms with Crippen molar-refractivity contribution in [2.45, 2.75) is 77.7 Å². The lowest BCUT2D eigenvalue weighted by Gasteiger charge is -2.34. The van der Waals surface area contributed by atoms with Crippen LogP contribution in [0.15, 0.2) is 24.3 Å². The second-order valence-electron chi connectivity index (χ2n) is 7.75. The molecular formula is C23H38NO5P. The molecule has 0 aliphatic carbocycles. The highest BCUT2D eigenvalue weighted by molar-refractivity contribution is 7.64. The van der Waals surface area contributed by atoms with E-state index in [2.05, 4.69) is 6.92 Å². The van der Waals surface area contributed by atoms with Crippen molar-refractivity contribution < 1.29 is 23.4 Å². The lowest BCUT2D eigenvalue weighted by molar-refractivity contribution is -0.148. The van der Waals surface area contributed by atoms with Gasteiger partial charge < -0.3 is 14.0 Å². The van der Waals surface area contributed by atoms with E-state index in [1.54, 1.807) is 36.0 Å². The summed E-state index contributed by atoms with van der Waals surface area (Å²) in [5.74, 6) is 0.394. The Balaban J connectivity index is 2.23. The minimum absolute atomic E-state index is 0.301. The van der Waals surface area contributed by atoms with E-state index in [1.165, 1.54) is 19.3 Å². The summed E-state index contributed by atoms with van der Waals surface area (Å²) in [7, 11) is -1.77. The molecule has 1 fully saturated rings. The fraction of sp³-hybridized carbons (Fsp3) is 0.696. The number of benzene rings is 1. The highest BCUT2D eigenvalue weighted by atomic mass is 31.2. The minimum atomic E-state index is -3.37. The molecule has 30 heavy (non-hydrogen) atoms. The van der Waals surface area contributed by atoms with Crippen LogP contribution < -0.4 is 10.0 Å². The number of esters is 1. The molecule has 0 spiro atoms. The second-order valence-corrected chi connectivity index (χ2v) is 10.1. The predicted molar refractivity (Wildman–Crippen MR) is 121 cm³/mol.